The molecule has 4 nitrogen and oxygen atoms in total. The van der Waals surface area contributed by atoms with Gasteiger partial charge in [0.1, 0.15) is 6.61 Å². The molecule has 2 rings (SSSR count). The minimum Gasteiger partial charge on any atom is -0.489 e. The molecule has 18 heavy (non-hydrogen) atoms. The van der Waals surface area contributed by atoms with Gasteiger partial charge in [-0.05, 0) is 18.4 Å². The molecule has 2 N–H and O–H groups in total. The zero-order chi connectivity index (χ0) is 13.0. The molecular formula is C13H18N2O2S. The Morgan fingerprint density at radius 2 is 2.44 bits per heavy atom. The van der Waals surface area contributed by atoms with E-state index in [0.29, 0.717) is 29.7 Å². The third-order valence-electron chi connectivity index (χ3n) is 2.88. The van der Waals surface area contributed by atoms with Crippen molar-refractivity contribution in [3.05, 3.63) is 23.8 Å². The van der Waals surface area contributed by atoms with Crippen molar-refractivity contribution in [3.63, 3.8) is 0 Å². The monoisotopic (exact) mass is 266 g/mol. The first kappa shape index (κ1) is 13.1. The van der Waals surface area contributed by atoms with Gasteiger partial charge in [0, 0.05) is 18.3 Å². The van der Waals surface area contributed by atoms with Gasteiger partial charge in [0.25, 0.3) is 5.91 Å². The van der Waals surface area contributed by atoms with E-state index in [9.17, 15) is 4.79 Å². The van der Waals surface area contributed by atoms with Gasteiger partial charge in [0.15, 0.2) is 5.75 Å². The van der Waals surface area contributed by atoms with Gasteiger partial charge in [-0.15, -0.1) is 0 Å². The molecule has 1 unspecified atom stereocenters. The highest BCUT2D eigenvalue weighted by Crippen LogP contribution is 2.31. The van der Waals surface area contributed by atoms with Crippen molar-refractivity contribution in [2.45, 2.75) is 12.2 Å². The van der Waals surface area contributed by atoms with Crippen molar-refractivity contribution >= 4 is 23.4 Å². The van der Waals surface area contributed by atoms with Crippen LogP contribution < -0.4 is 15.4 Å². The van der Waals surface area contributed by atoms with E-state index >= 15 is 0 Å². The van der Waals surface area contributed by atoms with Gasteiger partial charge in [-0.25, -0.2) is 0 Å². The first-order chi connectivity index (χ1) is 8.72. The van der Waals surface area contributed by atoms with Crippen LogP contribution in [0.15, 0.2) is 18.2 Å². The minimum atomic E-state index is -0.0727. The summed E-state index contributed by atoms with van der Waals surface area (Å²) in [4.78, 5) is 12.1. The van der Waals surface area contributed by atoms with E-state index in [2.05, 4.69) is 17.6 Å². The van der Waals surface area contributed by atoms with Gasteiger partial charge in [0.2, 0.25) is 0 Å². The van der Waals surface area contributed by atoms with Crippen LogP contribution in [-0.2, 0) is 0 Å². The molecule has 1 aromatic carbocycles. The summed E-state index contributed by atoms with van der Waals surface area (Å²) in [5.41, 5.74) is 1.50. The van der Waals surface area contributed by atoms with Crippen LogP contribution in [0.4, 0.5) is 5.69 Å². The van der Waals surface area contributed by atoms with E-state index in [0.717, 1.165) is 12.2 Å². The number of benzene rings is 1. The van der Waals surface area contributed by atoms with Gasteiger partial charge in [-0.2, -0.15) is 11.8 Å². The predicted molar refractivity (Wildman–Crippen MR) is 75.7 cm³/mol. The molecule has 1 atom stereocenters. The molecule has 1 amide bonds. The fraction of sp³-hybridized carbons (Fsp3) is 0.462. The standard InChI is InChI=1S/C13H18N2O2S/c1-9(18-2)8-15-13(16)10-4-3-5-11-12(10)17-7-6-14-11/h3-5,9,14H,6-8H2,1-2H3,(H,15,16). The molecule has 0 radical (unpaired) electrons. The lowest BCUT2D eigenvalue weighted by molar-refractivity contribution is 0.0950. The van der Waals surface area contributed by atoms with Crippen molar-refractivity contribution in [1.82, 2.24) is 5.32 Å². The number of para-hydroxylation sites is 1. The lowest BCUT2D eigenvalue weighted by Gasteiger charge is -2.21. The van der Waals surface area contributed by atoms with Crippen molar-refractivity contribution in [3.8, 4) is 5.75 Å². The molecule has 1 aliphatic rings. The number of anilines is 1. The summed E-state index contributed by atoms with van der Waals surface area (Å²) in [7, 11) is 0. The van der Waals surface area contributed by atoms with Crippen LogP contribution >= 0.6 is 11.8 Å². The third-order valence-corrected chi connectivity index (χ3v) is 3.85. The fourth-order valence-corrected chi connectivity index (χ4v) is 2.01. The van der Waals surface area contributed by atoms with Crippen molar-refractivity contribution in [2.24, 2.45) is 0 Å². The summed E-state index contributed by atoms with van der Waals surface area (Å²) >= 11 is 1.73. The molecule has 1 aromatic rings. The number of carbonyl (C=O) groups is 1. The second-order valence-corrected chi connectivity index (χ2v) is 5.49. The lowest BCUT2D eigenvalue weighted by atomic mass is 10.1. The second kappa shape index (κ2) is 6.00. The van der Waals surface area contributed by atoms with Crippen molar-refractivity contribution < 1.29 is 9.53 Å². The Morgan fingerprint density at radius 3 is 3.22 bits per heavy atom. The molecule has 0 aliphatic carbocycles. The van der Waals surface area contributed by atoms with E-state index in [4.69, 9.17) is 4.74 Å². The number of amides is 1. The number of nitrogens with one attached hydrogen (secondary N) is 2. The number of hydrogen-bond acceptors (Lipinski definition) is 4. The Bertz CT molecular complexity index is 437. The fourth-order valence-electron chi connectivity index (χ4n) is 1.76. The van der Waals surface area contributed by atoms with E-state index in [-0.39, 0.29) is 5.91 Å². The van der Waals surface area contributed by atoms with E-state index < -0.39 is 0 Å². The highest BCUT2D eigenvalue weighted by Gasteiger charge is 2.18. The lowest BCUT2D eigenvalue weighted by Crippen LogP contribution is -2.30. The van der Waals surface area contributed by atoms with Gasteiger partial charge in [0.05, 0.1) is 11.3 Å². The number of ether oxygens (including phenoxy) is 1. The maximum Gasteiger partial charge on any atom is 0.255 e. The number of hydrogen-bond donors (Lipinski definition) is 2. The van der Waals surface area contributed by atoms with E-state index in [1.54, 1.807) is 17.8 Å². The quantitative estimate of drug-likeness (QED) is 0.875. The van der Waals surface area contributed by atoms with Crippen molar-refractivity contribution in [2.75, 3.05) is 31.3 Å². The highest BCUT2D eigenvalue weighted by atomic mass is 32.2. The second-order valence-electron chi connectivity index (χ2n) is 4.21. The Labute approximate surface area is 111 Å². The topological polar surface area (TPSA) is 50.4 Å². The van der Waals surface area contributed by atoms with E-state index in [1.165, 1.54) is 0 Å². The Hall–Kier alpha value is -1.36. The number of rotatable bonds is 4. The summed E-state index contributed by atoms with van der Waals surface area (Å²) in [5, 5.41) is 6.57. The van der Waals surface area contributed by atoms with Crippen LogP contribution in [0.25, 0.3) is 0 Å². The molecule has 0 aromatic heterocycles. The smallest absolute Gasteiger partial charge is 0.255 e. The van der Waals surface area contributed by atoms with Gasteiger partial charge >= 0.3 is 0 Å². The summed E-state index contributed by atoms with van der Waals surface area (Å²) in [5.74, 6) is 0.592. The molecule has 5 heteroatoms. The maximum atomic E-state index is 12.1. The van der Waals surface area contributed by atoms with Crippen molar-refractivity contribution in [1.29, 1.82) is 0 Å². The summed E-state index contributed by atoms with van der Waals surface area (Å²) < 4.78 is 5.58. The van der Waals surface area contributed by atoms with Crippen LogP contribution in [-0.4, -0.2) is 37.1 Å². The van der Waals surface area contributed by atoms with Gasteiger partial charge in [-0.1, -0.05) is 13.0 Å². The summed E-state index contributed by atoms with van der Waals surface area (Å²) in [6.07, 6.45) is 2.04. The zero-order valence-corrected chi connectivity index (χ0v) is 11.5. The van der Waals surface area contributed by atoms with Crippen LogP contribution in [0.3, 0.4) is 0 Å². The molecule has 98 valence electrons. The number of thioether (sulfide) groups is 1. The highest BCUT2D eigenvalue weighted by molar-refractivity contribution is 7.99. The van der Waals surface area contributed by atoms with E-state index in [1.807, 2.05) is 18.4 Å². The van der Waals surface area contributed by atoms with Gasteiger partial charge < -0.3 is 15.4 Å². The molecule has 0 bridgehead atoms. The normalized spacial score (nSPS) is 15.0. The Morgan fingerprint density at radius 1 is 1.61 bits per heavy atom. The summed E-state index contributed by atoms with van der Waals surface area (Å²) in [6, 6.07) is 5.59. The van der Waals surface area contributed by atoms with Crippen LogP contribution in [0.2, 0.25) is 0 Å². The molecule has 0 saturated heterocycles. The third kappa shape index (κ3) is 2.90. The van der Waals surface area contributed by atoms with Crippen LogP contribution in [0.5, 0.6) is 5.75 Å². The molecular weight excluding hydrogens is 248 g/mol. The number of carbonyl (C=O) groups excluding carboxylic acids is 1. The minimum absolute atomic E-state index is 0.0727. The van der Waals surface area contributed by atoms with Crippen LogP contribution in [0.1, 0.15) is 17.3 Å². The SMILES string of the molecule is CSC(C)CNC(=O)c1cccc2c1OCCN2. The van der Waals surface area contributed by atoms with Gasteiger partial charge in [-0.3, -0.25) is 4.79 Å². The molecule has 0 saturated carbocycles. The first-order valence-electron chi connectivity index (χ1n) is 6.03. The summed E-state index contributed by atoms with van der Waals surface area (Å²) in [6.45, 7) is 4.13. The average Bonchev–Trinajstić information content (AvgIpc) is 2.43. The molecule has 0 fully saturated rings. The Balaban J connectivity index is 2.10. The maximum absolute atomic E-state index is 12.1. The molecule has 1 aliphatic heterocycles. The Kier molecular flexibility index (Phi) is 4.36. The van der Waals surface area contributed by atoms with Crippen LogP contribution in [0, 0.1) is 0 Å². The zero-order valence-electron chi connectivity index (χ0n) is 10.7. The molecule has 0 spiro atoms. The molecule has 1 heterocycles. The first-order valence-corrected chi connectivity index (χ1v) is 7.32. The predicted octanol–water partition coefficient (Wildman–Crippen LogP) is 1.97. The number of fused-ring (bicyclic) bond motifs is 1. The largest absolute Gasteiger partial charge is 0.489 e. The average molecular weight is 266 g/mol.